The van der Waals surface area contributed by atoms with E-state index in [4.69, 9.17) is 0 Å². The zero-order valence-electron chi connectivity index (χ0n) is 22.4. The van der Waals surface area contributed by atoms with Gasteiger partial charge in [0.2, 0.25) is 0 Å². The van der Waals surface area contributed by atoms with Gasteiger partial charge < -0.3 is 4.90 Å². The van der Waals surface area contributed by atoms with Crippen LogP contribution in [-0.2, 0) is 6.54 Å². The number of nitrogens with zero attached hydrogens (tertiary/aromatic N) is 2. The molecular weight excluding hydrogens is 400 g/mol. The van der Waals surface area contributed by atoms with Crippen LogP contribution >= 0.6 is 0 Å². The van der Waals surface area contributed by atoms with Crippen molar-refractivity contribution in [1.29, 1.82) is 0 Å². The summed E-state index contributed by atoms with van der Waals surface area (Å²) in [5.41, 5.74) is 2.65. The van der Waals surface area contributed by atoms with E-state index < -0.39 is 0 Å². The van der Waals surface area contributed by atoms with Crippen molar-refractivity contribution in [3.63, 3.8) is 0 Å². The molecule has 1 aromatic rings. The van der Waals surface area contributed by atoms with Crippen molar-refractivity contribution in [2.45, 2.75) is 97.2 Å². The summed E-state index contributed by atoms with van der Waals surface area (Å²) in [5, 5.41) is 0. The van der Waals surface area contributed by atoms with Gasteiger partial charge in [0.1, 0.15) is 0 Å². The van der Waals surface area contributed by atoms with Crippen LogP contribution in [0.1, 0.15) is 84.1 Å². The van der Waals surface area contributed by atoms with E-state index in [2.05, 4.69) is 82.0 Å². The molecule has 4 saturated carbocycles. The molecule has 33 heavy (non-hydrogen) atoms. The summed E-state index contributed by atoms with van der Waals surface area (Å²) in [6.45, 7) is 9.04. The van der Waals surface area contributed by atoms with Gasteiger partial charge in [-0.2, -0.15) is 0 Å². The van der Waals surface area contributed by atoms with Crippen LogP contribution in [0.4, 0.5) is 0 Å². The van der Waals surface area contributed by atoms with Crippen molar-refractivity contribution in [2.75, 3.05) is 21.1 Å². The number of benzene rings is 1. The molecule has 9 atom stereocenters. The maximum Gasteiger partial charge on any atom is 0.0233 e. The lowest BCUT2D eigenvalue weighted by Gasteiger charge is -2.62. The fourth-order valence-electron chi connectivity index (χ4n) is 9.83. The molecule has 0 N–H and O–H groups in total. The minimum Gasteiger partial charge on any atom is -0.306 e. The molecule has 2 heteroatoms. The fourth-order valence-corrected chi connectivity index (χ4v) is 9.83. The molecule has 0 aromatic heterocycles. The van der Waals surface area contributed by atoms with E-state index in [0.717, 1.165) is 48.2 Å². The lowest BCUT2D eigenvalue weighted by Crippen LogP contribution is -2.55. The predicted molar refractivity (Wildman–Crippen MR) is 140 cm³/mol. The third-order valence-electron chi connectivity index (χ3n) is 12.0. The first-order valence-corrected chi connectivity index (χ1v) is 14.1. The second-order valence-corrected chi connectivity index (χ2v) is 13.4. The van der Waals surface area contributed by atoms with Crippen LogP contribution in [0.2, 0.25) is 0 Å². The number of hydrogen-bond acceptors (Lipinski definition) is 2. The molecule has 0 radical (unpaired) electrons. The highest BCUT2D eigenvalue weighted by Gasteiger charge is 2.60. The standard InChI is InChI=1S/C31H50N2/c1-22(32(4)5)27-14-15-28-26-13-12-24-20-25(33(6)21-23-10-8-7-9-11-23)16-18-30(24,2)29(26)17-19-31(27,28)3/h7-11,22,24-29H,12-21H2,1-6H3/t22-,24-,25-,26-,27+,28-,29-,30-,31+/m0/s1. The van der Waals surface area contributed by atoms with E-state index in [0.29, 0.717) is 10.8 Å². The van der Waals surface area contributed by atoms with Crippen LogP contribution < -0.4 is 0 Å². The summed E-state index contributed by atoms with van der Waals surface area (Å²) < 4.78 is 0. The van der Waals surface area contributed by atoms with Gasteiger partial charge in [-0.3, -0.25) is 4.90 Å². The van der Waals surface area contributed by atoms with E-state index in [9.17, 15) is 0 Å². The summed E-state index contributed by atoms with van der Waals surface area (Å²) in [7, 11) is 6.97. The third-order valence-corrected chi connectivity index (χ3v) is 12.0. The smallest absolute Gasteiger partial charge is 0.0233 e. The van der Waals surface area contributed by atoms with E-state index >= 15 is 0 Å². The van der Waals surface area contributed by atoms with Gasteiger partial charge in [0.25, 0.3) is 0 Å². The van der Waals surface area contributed by atoms with Crippen molar-refractivity contribution in [3.8, 4) is 0 Å². The molecular formula is C31H50N2. The van der Waals surface area contributed by atoms with E-state index in [1.165, 1.54) is 63.4 Å². The molecule has 0 bridgehead atoms. The zero-order valence-corrected chi connectivity index (χ0v) is 22.4. The molecule has 0 aliphatic heterocycles. The maximum absolute atomic E-state index is 2.74. The van der Waals surface area contributed by atoms with Gasteiger partial charge >= 0.3 is 0 Å². The molecule has 0 unspecified atom stereocenters. The Labute approximate surface area is 204 Å². The Balaban J connectivity index is 1.28. The van der Waals surface area contributed by atoms with Crippen LogP contribution in [0.3, 0.4) is 0 Å². The lowest BCUT2D eigenvalue weighted by atomic mass is 9.44. The van der Waals surface area contributed by atoms with E-state index in [1.807, 2.05) is 0 Å². The summed E-state index contributed by atoms with van der Waals surface area (Å²) in [6, 6.07) is 12.6. The van der Waals surface area contributed by atoms with Crippen LogP contribution in [0.15, 0.2) is 30.3 Å². The summed E-state index contributed by atoms with van der Waals surface area (Å²) in [4.78, 5) is 5.17. The van der Waals surface area contributed by atoms with Gasteiger partial charge in [-0.05, 0) is 132 Å². The Morgan fingerprint density at radius 2 is 1.55 bits per heavy atom. The minimum atomic E-state index is 0.584. The zero-order chi connectivity index (χ0) is 23.4. The van der Waals surface area contributed by atoms with Crippen LogP contribution in [0.25, 0.3) is 0 Å². The Morgan fingerprint density at radius 1 is 0.848 bits per heavy atom. The first-order valence-electron chi connectivity index (χ1n) is 14.1. The highest BCUT2D eigenvalue weighted by Crippen LogP contribution is 2.68. The number of rotatable bonds is 5. The molecule has 0 spiro atoms. The number of fused-ring (bicyclic) bond motifs is 5. The quantitative estimate of drug-likeness (QED) is 0.472. The summed E-state index contributed by atoms with van der Waals surface area (Å²) >= 11 is 0. The van der Waals surface area contributed by atoms with Gasteiger partial charge in [-0.25, -0.2) is 0 Å². The molecule has 2 nitrogen and oxygen atoms in total. The lowest BCUT2D eigenvalue weighted by molar-refractivity contribution is -0.123. The normalized spacial score (nSPS) is 43.8. The van der Waals surface area contributed by atoms with Gasteiger partial charge in [0.05, 0.1) is 0 Å². The predicted octanol–water partition coefficient (Wildman–Crippen LogP) is 7.10. The average molecular weight is 451 g/mol. The summed E-state index contributed by atoms with van der Waals surface area (Å²) in [5.74, 6) is 4.82. The van der Waals surface area contributed by atoms with Gasteiger partial charge in [-0.15, -0.1) is 0 Å². The Morgan fingerprint density at radius 3 is 2.27 bits per heavy atom. The first-order chi connectivity index (χ1) is 15.7. The highest BCUT2D eigenvalue weighted by molar-refractivity contribution is 5.15. The largest absolute Gasteiger partial charge is 0.306 e. The molecule has 0 saturated heterocycles. The van der Waals surface area contributed by atoms with Gasteiger partial charge in [0, 0.05) is 18.6 Å². The summed E-state index contributed by atoms with van der Waals surface area (Å²) in [6.07, 6.45) is 13.3. The van der Waals surface area contributed by atoms with Crippen LogP contribution in [-0.4, -0.2) is 43.0 Å². The Hall–Kier alpha value is -0.860. The Bertz CT molecular complexity index is 804. The SMILES string of the molecule is C[C@@H]([C@H]1CC[C@H]2[C@@H]3CC[C@H]4C[C@@H](N(C)Cc5ccccc5)CC[C@]4(C)[C@H]3CC[C@]12C)N(C)C. The molecule has 0 amide bonds. The molecule has 4 fully saturated rings. The topological polar surface area (TPSA) is 6.48 Å². The van der Waals surface area contributed by atoms with E-state index in [1.54, 1.807) is 0 Å². The maximum atomic E-state index is 2.74. The Kier molecular flexibility index (Phi) is 6.49. The number of hydrogen-bond donors (Lipinski definition) is 0. The average Bonchev–Trinajstić information content (AvgIpc) is 3.15. The molecule has 4 aliphatic rings. The molecule has 0 heterocycles. The van der Waals surface area contributed by atoms with Crippen molar-refractivity contribution in [2.24, 2.45) is 40.4 Å². The molecule has 184 valence electrons. The molecule has 1 aromatic carbocycles. The molecule has 4 aliphatic carbocycles. The van der Waals surface area contributed by atoms with Crippen molar-refractivity contribution in [3.05, 3.63) is 35.9 Å². The molecule has 5 rings (SSSR count). The third kappa shape index (κ3) is 4.02. The van der Waals surface area contributed by atoms with Crippen molar-refractivity contribution in [1.82, 2.24) is 9.80 Å². The van der Waals surface area contributed by atoms with E-state index in [-0.39, 0.29) is 0 Å². The second-order valence-electron chi connectivity index (χ2n) is 13.4. The van der Waals surface area contributed by atoms with Gasteiger partial charge in [-0.1, -0.05) is 44.2 Å². The van der Waals surface area contributed by atoms with Gasteiger partial charge in [0.15, 0.2) is 0 Å². The first kappa shape index (κ1) is 23.9. The fraction of sp³-hybridized carbons (Fsp3) is 0.806. The monoisotopic (exact) mass is 450 g/mol. The van der Waals surface area contributed by atoms with Crippen molar-refractivity contribution < 1.29 is 0 Å². The van der Waals surface area contributed by atoms with Crippen LogP contribution in [0.5, 0.6) is 0 Å². The van der Waals surface area contributed by atoms with Crippen LogP contribution in [0, 0.1) is 40.4 Å². The second kappa shape index (κ2) is 8.98. The minimum absolute atomic E-state index is 0.584. The highest BCUT2D eigenvalue weighted by atomic mass is 15.1. The van der Waals surface area contributed by atoms with Crippen molar-refractivity contribution >= 4 is 0 Å².